The molecule has 1 aliphatic carbocycles. The van der Waals surface area contributed by atoms with E-state index in [1.54, 1.807) is 12.1 Å². The summed E-state index contributed by atoms with van der Waals surface area (Å²) in [5.74, 6) is -0.797. The summed E-state index contributed by atoms with van der Waals surface area (Å²) in [4.78, 5) is 22.9. The molecule has 0 bridgehead atoms. The maximum Gasteiger partial charge on any atom is 0.304 e. The maximum absolute atomic E-state index is 10.6. The van der Waals surface area contributed by atoms with Crippen LogP contribution in [0.25, 0.3) is 0 Å². The van der Waals surface area contributed by atoms with Gasteiger partial charge in [0.15, 0.2) is 0 Å². The van der Waals surface area contributed by atoms with Gasteiger partial charge in [-0.05, 0) is 18.4 Å². The van der Waals surface area contributed by atoms with Gasteiger partial charge in [0, 0.05) is 31.3 Å². The number of benzene rings is 1. The zero-order valence-electron chi connectivity index (χ0n) is 10.5. The predicted octanol–water partition coefficient (Wildman–Crippen LogP) is 2.03. The minimum absolute atomic E-state index is 0.0762. The Hall–Kier alpha value is -1.95. The molecule has 1 saturated carbocycles. The van der Waals surface area contributed by atoms with E-state index in [0.29, 0.717) is 19.1 Å². The van der Waals surface area contributed by atoms with E-state index in [1.165, 1.54) is 12.1 Å². The van der Waals surface area contributed by atoms with Gasteiger partial charge in [-0.1, -0.05) is 12.1 Å². The number of nitrogens with zero attached hydrogens (tertiary/aromatic N) is 2. The third kappa shape index (κ3) is 4.03. The number of hydrogen-bond acceptors (Lipinski definition) is 4. The van der Waals surface area contributed by atoms with Gasteiger partial charge in [0.25, 0.3) is 5.69 Å². The molecule has 1 N–H and O–H groups in total. The van der Waals surface area contributed by atoms with Gasteiger partial charge in [0.05, 0.1) is 11.3 Å². The third-order valence-electron chi connectivity index (χ3n) is 3.21. The van der Waals surface area contributed by atoms with Crippen molar-refractivity contribution in [1.29, 1.82) is 0 Å². The molecule has 102 valence electrons. The Labute approximate surface area is 110 Å². The second kappa shape index (κ2) is 5.79. The summed E-state index contributed by atoms with van der Waals surface area (Å²) < 4.78 is 0. The number of nitro benzene ring substituents is 1. The minimum Gasteiger partial charge on any atom is -0.481 e. The molecular weight excluding hydrogens is 248 g/mol. The summed E-state index contributed by atoms with van der Waals surface area (Å²) in [6.07, 6.45) is 2.34. The van der Waals surface area contributed by atoms with Crippen LogP contribution in [0.2, 0.25) is 0 Å². The van der Waals surface area contributed by atoms with E-state index in [9.17, 15) is 14.9 Å². The smallest absolute Gasteiger partial charge is 0.304 e. The number of aliphatic carboxylic acids is 1. The number of nitro groups is 1. The lowest BCUT2D eigenvalue weighted by Crippen LogP contribution is -2.28. The minimum atomic E-state index is -0.797. The van der Waals surface area contributed by atoms with Crippen LogP contribution in [0, 0.1) is 10.1 Å². The standard InChI is InChI=1S/C13H16N2O4/c16-13(17)7-8-14(11-5-6-11)9-10-1-3-12(4-2-10)15(18)19/h1-4,11H,5-9H2,(H,16,17). The Balaban J connectivity index is 1.96. The Morgan fingerprint density at radius 2 is 2.00 bits per heavy atom. The predicted molar refractivity (Wildman–Crippen MR) is 68.8 cm³/mol. The number of carbonyl (C=O) groups is 1. The van der Waals surface area contributed by atoms with Crippen LogP contribution < -0.4 is 0 Å². The van der Waals surface area contributed by atoms with Crippen LogP contribution in [-0.2, 0) is 11.3 Å². The Bertz CT molecular complexity index is 468. The van der Waals surface area contributed by atoms with Crippen molar-refractivity contribution >= 4 is 11.7 Å². The molecule has 0 spiro atoms. The van der Waals surface area contributed by atoms with Crippen LogP contribution in [-0.4, -0.2) is 33.5 Å². The fourth-order valence-corrected chi connectivity index (χ4v) is 2.03. The molecular formula is C13H16N2O4. The van der Waals surface area contributed by atoms with E-state index >= 15 is 0 Å². The van der Waals surface area contributed by atoms with E-state index in [4.69, 9.17) is 5.11 Å². The molecule has 0 aliphatic heterocycles. The summed E-state index contributed by atoms with van der Waals surface area (Å²) in [6, 6.07) is 6.90. The van der Waals surface area contributed by atoms with Crippen LogP contribution in [0.3, 0.4) is 0 Å². The first-order valence-corrected chi connectivity index (χ1v) is 6.25. The van der Waals surface area contributed by atoms with Gasteiger partial charge in [-0.3, -0.25) is 19.8 Å². The Morgan fingerprint density at radius 3 is 2.47 bits per heavy atom. The van der Waals surface area contributed by atoms with Crippen molar-refractivity contribution in [3.8, 4) is 0 Å². The topological polar surface area (TPSA) is 83.7 Å². The number of carboxylic acid groups (broad SMARTS) is 1. The molecule has 0 atom stereocenters. The van der Waals surface area contributed by atoms with Crippen molar-refractivity contribution < 1.29 is 14.8 Å². The highest BCUT2D eigenvalue weighted by atomic mass is 16.6. The van der Waals surface area contributed by atoms with Crippen LogP contribution in [0.5, 0.6) is 0 Å². The highest BCUT2D eigenvalue weighted by Gasteiger charge is 2.29. The Morgan fingerprint density at radius 1 is 1.37 bits per heavy atom. The summed E-state index contributed by atoms with van der Waals surface area (Å²) in [5, 5.41) is 19.3. The molecule has 1 aromatic carbocycles. The second-order valence-corrected chi connectivity index (χ2v) is 4.77. The molecule has 0 unspecified atom stereocenters. The largest absolute Gasteiger partial charge is 0.481 e. The molecule has 1 aromatic rings. The van der Waals surface area contributed by atoms with Gasteiger partial charge in [0.1, 0.15) is 0 Å². The number of rotatable bonds is 7. The van der Waals surface area contributed by atoms with Crippen molar-refractivity contribution in [2.75, 3.05) is 6.54 Å². The Kier molecular flexibility index (Phi) is 4.11. The average molecular weight is 264 g/mol. The van der Waals surface area contributed by atoms with E-state index in [1.807, 2.05) is 0 Å². The number of non-ortho nitro benzene ring substituents is 1. The van der Waals surface area contributed by atoms with Crippen LogP contribution in [0.4, 0.5) is 5.69 Å². The summed E-state index contributed by atoms with van der Waals surface area (Å²) in [6.45, 7) is 1.17. The molecule has 6 nitrogen and oxygen atoms in total. The first-order valence-electron chi connectivity index (χ1n) is 6.25. The molecule has 2 rings (SSSR count). The van der Waals surface area contributed by atoms with Gasteiger partial charge in [0.2, 0.25) is 0 Å². The quantitative estimate of drug-likeness (QED) is 0.601. The lowest BCUT2D eigenvalue weighted by molar-refractivity contribution is -0.384. The normalized spacial score (nSPS) is 14.6. The van der Waals surface area contributed by atoms with E-state index in [-0.39, 0.29) is 12.1 Å². The highest BCUT2D eigenvalue weighted by Crippen LogP contribution is 2.28. The summed E-state index contributed by atoms with van der Waals surface area (Å²) in [7, 11) is 0. The SMILES string of the molecule is O=C(O)CCN(Cc1ccc([N+](=O)[O-])cc1)C1CC1. The molecule has 6 heteroatoms. The van der Waals surface area contributed by atoms with E-state index < -0.39 is 10.9 Å². The fraction of sp³-hybridized carbons (Fsp3) is 0.462. The molecule has 1 aliphatic rings. The van der Waals surface area contributed by atoms with Gasteiger partial charge >= 0.3 is 5.97 Å². The average Bonchev–Trinajstić information content (AvgIpc) is 3.19. The maximum atomic E-state index is 10.6. The first kappa shape index (κ1) is 13.5. The monoisotopic (exact) mass is 264 g/mol. The van der Waals surface area contributed by atoms with Gasteiger partial charge in [-0.15, -0.1) is 0 Å². The van der Waals surface area contributed by atoms with Gasteiger partial charge < -0.3 is 5.11 Å². The lowest BCUT2D eigenvalue weighted by Gasteiger charge is -2.21. The van der Waals surface area contributed by atoms with Crippen LogP contribution >= 0.6 is 0 Å². The zero-order valence-corrected chi connectivity index (χ0v) is 10.5. The molecule has 0 aromatic heterocycles. The van der Waals surface area contributed by atoms with Gasteiger partial charge in [-0.25, -0.2) is 0 Å². The molecule has 1 fully saturated rings. The van der Waals surface area contributed by atoms with Crippen molar-refractivity contribution in [2.24, 2.45) is 0 Å². The fourth-order valence-electron chi connectivity index (χ4n) is 2.03. The van der Waals surface area contributed by atoms with Crippen molar-refractivity contribution in [3.05, 3.63) is 39.9 Å². The lowest BCUT2D eigenvalue weighted by atomic mass is 10.2. The van der Waals surface area contributed by atoms with E-state index in [2.05, 4.69) is 4.90 Å². The molecule has 0 saturated heterocycles. The molecule has 0 heterocycles. The second-order valence-electron chi connectivity index (χ2n) is 4.77. The molecule has 0 radical (unpaired) electrons. The van der Waals surface area contributed by atoms with Crippen molar-refractivity contribution in [2.45, 2.75) is 31.8 Å². The van der Waals surface area contributed by atoms with Crippen LogP contribution in [0.1, 0.15) is 24.8 Å². The van der Waals surface area contributed by atoms with Crippen LogP contribution in [0.15, 0.2) is 24.3 Å². The number of carboxylic acids is 1. The van der Waals surface area contributed by atoms with E-state index in [0.717, 1.165) is 18.4 Å². The molecule has 0 amide bonds. The van der Waals surface area contributed by atoms with Crippen molar-refractivity contribution in [1.82, 2.24) is 4.90 Å². The summed E-state index contributed by atoms with van der Waals surface area (Å²) >= 11 is 0. The highest BCUT2D eigenvalue weighted by molar-refractivity contribution is 5.66. The first-order chi connectivity index (χ1) is 9.06. The van der Waals surface area contributed by atoms with Crippen molar-refractivity contribution in [3.63, 3.8) is 0 Å². The third-order valence-corrected chi connectivity index (χ3v) is 3.21. The van der Waals surface area contributed by atoms with Gasteiger partial charge in [-0.2, -0.15) is 0 Å². The summed E-state index contributed by atoms with van der Waals surface area (Å²) in [5.41, 5.74) is 1.05. The number of hydrogen-bond donors (Lipinski definition) is 1. The molecule has 19 heavy (non-hydrogen) atoms. The zero-order chi connectivity index (χ0) is 13.8.